The first-order chi connectivity index (χ1) is 7.37. The molecule has 14 heavy (non-hydrogen) atoms. The summed E-state index contributed by atoms with van der Waals surface area (Å²) in [6, 6.07) is 8.83. The fourth-order valence-corrected chi connectivity index (χ4v) is 3.41. The Morgan fingerprint density at radius 3 is 3.21 bits per heavy atom. The lowest BCUT2D eigenvalue weighted by molar-refractivity contribution is 0.226. The van der Waals surface area contributed by atoms with E-state index in [-0.39, 0.29) is 5.41 Å². The molecule has 2 aliphatic rings. The maximum absolute atomic E-state index is 7.95. The molecule has 3 rings (SSSR count). The molecule has 0 aromatic heterocycles. The van der Waals surface area contributed by atoms with Crippen molar-refractivity contribution in [3.8, 4) is 0 Å². The summed E-state index contributed by atoms with van der Waals surface area (Å²) in [5.74, 6) is 0.765. The second-order valence-electron chi connectivity index (χ2n) is 4.96. The lowest BCUT2D eigenvalue weighted by Crippen LogP contribution is -2.31. The van der Waals surface area contributed by atoms with Gasteiger partial charge in [0.1, 0.15) is 0 Å². The number of fused-ring (bicyclic) bond motifs is 3. The van der Waals surface area contributed by atoms with E-state index in [9.17, 15) is 0 Å². The van der Waals surface area contributed by atoms with Gasteiger partial charge in [-0.05, 0) is 41.7 Å². The van der Waals surface area contributed by atoms with Gasteiger partial charge in [-0.2, -0.15) is 0 Å². The van der Waals surface area contributed by atoms with Gasteiger partial charge in [0.2, 0.25) is 0 Å². The van der Waals surface area contributed by atoms with Crippen LogP contribution in [0, 0.1) is 5.92 Å². The molecule has 0 radical (unpaired) electrons. The fourth-order valence-electron chi connectivity index (χ4n) is 3.41. The topological polar surface area (TPSA) is 0 Å². The lowest BCUT2D eigenvalue weighted by Gasteiger charge is -2.37. The van der Waals surface area contributed by atoms with Gasteiger partial charge in [-0.25, -0.2) is 0 Å². The van der Waals surface area contributed by atoms with Gasteiger partial charge >= 0.3 is 0 Å². The summed E-state index contributed by atoms with van der Waals surface area (Å²) < 4.78 is 7.95. The Labute approximate surface area is 87.7 Å². The molecule has 0 amide bonds. The van der Waals surface area contributed by atoms with Crippen LogP contribution in [-0.2, 0) is 11.8 Å². The van der Waals surface area contributed by atoms with Crippen molar-refractivity contribution in [1.29, 1.82) is 0 Å². The van der Waals surface area contributed by atoms with Gasteiger partial charge in [0.25, 0.3) is 0 Å². The Balaban J connectivity index is 2.11. The molecule has 0 heteroatoms. The molecule has 0 aliphatic heterocycles. The Bertz CT molecular complexity index is 371. The third-order valence-corrected chi connectivity index (χ3v) is 4.23. The lowest BCUT2D eigenvalue weighted by atomic mass is 9.67. The Kier molecular flexibility index (Phi) is 1.53. The molecular formula is C14H18. The van der Waals surface area contributed by atoms with Crippen LogP contribution in [0.25, 0.3) is 0 Å². The third kappa shape index (κ3) is 1.00. The predicted molar refractivity (Wildman–Crippen MR) is 59.5 cm³/mol. The van der Waals surface area contributed by atoms with Gasteiger partial charge in [-0.3, -0.25) is 0 Å². The van der Waals surface area contributed by atoms with Crippen molar-refractivity contribution in [3.63, 3.8) is 0 Å². The smallest absolute Gasteiger partial charge is 0.0240 e. The van der Waals surface area contributed by atoms with Crippen LogP contribution in [0.15, 0.2) is 24.3 Å². The highest BCUT2D eigenvalue weighted by Gasteiger charge is 2.43. The summed E-state index contributed by atoms with van der Waals surface area (Å²) in [5, 5.41) is 0. The summed E-state index contributed by atoms with van der Waals surface area (Å²) in [6.07, 6.45) is 6.52. The normalized spacial score (nSPS) is 36.0. The maximum atomic E-state index is 7.95. The molecule has 1 aromatic carbocycles. The molecule has 0 unspecified atom stereocenters. The van der Waals surface area contributed by atoms with E-state index in [0.717, 1.165) is 5.92 Å². The van der Waals surface area contributed by atoms with E-state index in [0.29, 0.717) is 6.90 Å². The second kappa shape index (κ2) is 2.85. The average molecular weight is 187 g/mol. The summed E-state index contributed by atoms with van der Waals surface area (Å²) in [4.78, 5) is 0. The van der Waals surface area contributed by atoms with Crippen LogP contribution in [0.2, 0.25) is 0 Å². The minimum absolute atomic E-state index is 0.231. The quantitative estimate of drug-likeness (QED) is 0.581. The van der Waals surface area contributed by atoms with E-state index in [1.54, 1.807) is 0 Å². The molecule has 0 saturated heterocycles. The predicted octanol–water partition coefficient (Wildman–Crippen LogP) is 3.69. The second-order valence-corrected chi connectivity index (χ2v) is 4.96. The summed E-state index contributed by atoms with van der Waals surface area (Å²) in [5.41, 5.74) is 3.26. The zero-order valence-electron chi connectivity index (χ0n) is 9.63. The zero-order chi connectivity index (χ0) is 10.3. The summed E-state index contributed by atoms with van der Waals surface area (Å²) in [6.45, 7) is 0.592. The molecule has 0 heterocycles. The molecule has 0 nitrogen and oxygen atoms in total. The van der Waals surface area contributed by atoms with Crippen LogP contribution in [0.5, 0.6) is 0 Å². The molecular weight excluding hydrogens is 168 g/mol. The van der Waals surface area contributed by atoms with E-state index < -0.39 is 0 Å². The molecule has 0 N–H and O–H groups in total. The molecule has 1 saturated carbocycles. The van der Waals surface area contributed by atoms with E-state index in [4.69, 9.17) is 1.37 Å². The van der Waals surface area contributed by atoms with Gasteiger partial charge in [-0.15, -0.1) is 0 Å². The van der Waals surface area contributed by atoms with Crippen LogP contribution in [0.3, 0.4) is 0 Å². The fraction of sp³-hybridized carbons (Fsp3) is 0.571. The molecule has 74 valence electrons. The van der Waals surface area contributed by atoms with Crippen LogP contribution < -0.4 is 0 Å². The van der Waals surface area contributed by atoms with Crippen molar-refractivity contribution < 1.29 is 1.37 Å². The maximum Gasteiger partial charge on any atom is 0.0240 e. The van der Waals surface area contributed by atoms with E-state index in [1.165, 1.54) is 43.2 Å². The average Bonchev–Trinajstić information content (AvgIpc) is 2.64. The number of hydrogen-bond donors (Lipinski definition) is 0. The summed E-state index contributed by atoms with van der Waals surface area (Å²) >= 11 is 0. The number of hydrogen-bond acceptors (Lipinski definition) is 0. The van der Waals surface area contributed by atoms with Gasteiger partial charge in [0, 0.05) is 1.37 Å². The highest BCUT2D eigenvalue weighted by Crippen LogP contribution is 2.50. The van der Waals surface area contributed by atoms with Crippen LogP contribution in [-0.4, -0.2) is 0 Å². The zero-order valence-corrected chi connectivity index (χ0v) is 8.63. The monoisotopic (exact) mass is 187 g/mol. The van der Waals surface area contributed by atoms with Crippen LogP contribution in [0.1, 0.15) is 45.1 Å². The third-order valence-electron chi connectivity index (χ3n) is 4.23. The molecule has 2 aliphatic carbocycles. The minimum atomic E-state index is 0.231. The molecule has 0 bridgehead atoms. The van der Waals surface area contributed by atoms with Crippen molar-refractivity contribution in [1.82, 2.24) is 0 Å². The highest BCUT2D eigenvalue weighted by atomic mass is 14.5. The Morgan fingerprint density at radius 2 is 2.29 bits per heavy atom. The van der Waals surface area contributed by atoms with E-state index >= 15 is 0 Å². The molecule has 1 aromatic rings. The van der Waals surface area contributed by atoms with Crippen molar-refractivity contribution in [2.45, 2.75) is 44.4 Å². The standard InChI is InChI=1S/C14H18/c1-14-9-5-4-7-12(14)10-11-6-2-3-8-13(11)14/h2-3,6,8,12H,4-5,7,9-10H2,1H3/t12-,14-/m1/s1/i1D. The van der Waals surface area contributed by atoms with Gasteiger partial charge < -0.3 is 0 Å². The SMILES string of the molecule is [2H]C[C@@]12CCCC[C@@H]1Cc1ccccc12. The first-order valence-electron chi connectivity index (χ1n) is 6.45. The van der Waals surface area contributed by atoms with Gasteiger partial charge in [-0.1, -0.05) is 44.0 Å². The number of rotatable bonds is 0. The largest absolute Gasteiger partial charge is 0.0620 e. The summed E-state index contributed by atoms with van der Waals surface area (Å²) in [7, 11) is 0. The van der Waals surface area contributed by atoms with Gasteiger partial charge in [0.15, 0.2) is 0 Å². The van der Waals surface area contributed by atoms with Crippen molar-refractivity contribution in [2.75, 3.05) is 0 Å². The Morgan fingerprint density at radius 1 is 1.36 bits per heavy atom. The first-order valence-corrected chi connectivity index (χ1v) is 5.74. The van der Waals surface area contributed by atoms with Crippen molar-refractivity contribution in [2.24, 2.45) is 5.92 Å². The molecule has 0 spiro atoms. The van der Waals surface area contributed by atoms with Crippen molar-refractivity contribution >= 4 is 0 Å². The van der Waals surface area contributed by atoms with Crippen LogP contribution >= 0.6 is 0 Å². The molecule has 1 fully saturated rings. The molecule has 2 atom stereocenters. The first kappa shape index (κ1) is 7.50. The number of benzene rings is 1. The van der Waals surface area contributed by atoms with Crippen molar-refractivity contribution in [3.05, 3.63) is 35.4 Å². The highest BCUT2D eigenvalue weighted by molar-refractivity contribution is 5.40. The van der Waals surface area contributed by atoms with Gasteiger partial charge in [0.05, 0.1) is 0 Å². The van der Waals surface area contributed by atoms with E-state index in [2.05, 4.69) is 24.3 Å². The van der Waals surface area contributed by atoms with Crippen LogP contribution in [0.4, 0.5) is 0 Å². The van der Waals surface area contributed by atoms with E-state index in [1.807, 2.05) is 0 Å². The minimum Gasteiger partial charge on any atom is -0.0620 e. The Hall–Kier alpha value is -0.780.